The van der Waals surface area contributed by atoms with Gasteiger partial charge in [-0.1, -0.05) is 239 Å². The normalized spacial score (nSPS) is 13.0. The van der Waals surface area contributed by atoms with E-state index in [9.17, 15) is 0 Å². The van der Waals surface area contributed by atoms with Crippen molar-refractivity contribution in [1.82, 2.24) is 9.55 Å². The van der Waals surface area contributed by atoms with Gasteiger partial charge in [0.1, 0.15) is 5.82 Å². The molecule has 0 spiro atoms. The summed E-state index contributed by atoms with van der Waals surface area (Å²) in [7, 11) is 0. The Bertz CT molecular complexity index is 738. The molecule has 1 heterocycles. The van der Waals surface area contributed by atoms with E-state index in [1.807, 2.05) is 0 Å². The van der Waals surface area contributed by atoms with Crippen LogP contribution in [-0.4, -0.2) is 9.55 Å². The first-order chi connectivity index (χ1) is 23.7. The van der Waals surface area contributed by atoms with Crippen LogP contribution in [0.5, 0.6) is 0 Å². The first kappa shape index (κ1) is 45.2. The number of rotatable bonds is 39. The van der Waals surface area contributed by atoms with Crippen molar-refractivity contribution in [3.8, 4) is 0 Å². The maximum atomic E-state index is 5.04. The topological polar surface area (TPSA) is 17.8 Å². The predicted octanol–water partition coefficient (Wildman–Crippen LogP) is 17.0. The molecule has 0 aromatic carbocycles. The molecule has 284 valence electrons. The van der Waals surface area contributed by atoms with Crippen molar-refractivity contribution in [3.05, 3.63) is 18.2 Å². The highest BCUT2D eigenvalue weighted by Crippen LogP contribution is 2.31. The van der Waals surface area contributed by atoms with E-state index in [4.69, 9.17) is 4.98 Å². The van der Waals surface area contributed by atoms with Crippen LogP contribution in [0, 0.1) is 0 Å². The van der Waals surface area contributed by atoms with Crippen molar-refractivity contribution >= 4 is 0 Å². The molecule has 48 heavy (non-hydrogen) atoms. The molecule has 0 aliphatic heterocycles. The van der Waals surface area contributed by atoms with Crippen LogP contribution < -0.4 is 0 Å². The molecule has 0 saturated carbocycles. The fourth-order valence-electron chi connectivity index (χ4n) is 7.95. The SMILES string of the molecule is CCCCCCCCCCCCCCCCCC(C)n1ccnc1C(CCCCCCCCC)CCCCCCCCCCCCCC. The summed E-state index contributed by atoms with van der Waals surface area (Å²) in [6.45, 7) is 9.41. The Morgan fingerprint density at radius 3 is 0.979 bits per heavy atom. The molecule has 0 saturated heterocycles. The van der Waals surface area contributed by atoms with E-state index in [2.05, 4.69) is 44.7 Å². The van der Waals surface area contributed by atoms with E-state index in [-0.39, 0.29) is 0 Å². The van der Waals surface area contributed by atoms with Gasteiger partial charge in [0, 0.05) is 24.4 Å². The van der Waals surface area contributed by atoms with Crippen molar-refractivity contribution in [1.29, 1.82) is 0 Å². The van der Waals surface area contributed by atoms with E-state index in [1.54, 1.807) is 0 Å². The number of hydrogen-bond acceptors (Lipinski definition) is 1. The van der Waals surface area contributed by atoms with Gasteiger partial charge in [0.05, 0.1) is 0 Å². The molecule has 2 unspecified atom stereocenters. The Morgan fingerprint density at radius 2 is 0.667 bits per heavy atom. The summed E-state index contributed by atoms with van der Waals surface area (Å²) in [5.74, 6) is 2.07. The van der Waals surface area contributed by atoms with Crippen LogP contribution in [0.1, 0.15) is 283 Å². The van der Waals surface area contributed by atoms with Gasteiger partial charge in [0.2, 0.25) is 0 Å². The highest BCUT2D eigenvalue weighted by molar-refractivity contribution is 5.02. The zero-order valence-corrected chi connectivity index (χ0v) is 33.9. The van der Waals surface area contributed by atoms with Gasteiger partial charge in [0.25, 0.3) is 0 Å². The molecule has 1 aromatic rings. The maximum absolute atomic E-state index is 5.04. The first-order valence-corrected chi connectivity index (χ1v) is 22.8. The van der Waals surface area contributed by atoms with E-state index >= 15 is 0 Å². The Balaban J connectivity index is 2.31. The molecular weight excluding hydrogens is 581 g/mol. The Kier molecular flexibility index (Phi) is 33.9. The summed E-state index contributed by atoms with van der Waals surface area (Å²) in [4.78, 5) is 5.04. The minimum atomic E-state index is 0.586. The third-order valence-corrected chi connectivity index (χ3v) is 11.3. The lowest BCUT2D eigenvalue weighted by atomic mass is 9.92. The van der Waals surface area contributed by atoms with Crippen LogP contribution in [0.25, 0.3) is 0 Å². The van der Waals surface area contributed by atoms with Gasteiger partial charge >= 0.3 is 0 Å². The smallest absolute Gasteiger partial charge is 0.111 e. The summed E-state index contributed by atoms with van der Waals surface area (Å²) in [5, 5.41) is 0. The van der Waals surface area contributed by atoms with E-state index in [1.165, 1.54) is 243 Å². The average molecular weight is 671 g/mol. The molecule has 0 N–H and O–H groups in total. The quantitative estimate of drug-likeness (QED) is 0.0637. The van der Waals surface area contributed by atoms with E-state index in [0.29, 0.717) is 12.0 Å². The van der Waals surface area contributed by atoms with Gasteiger partial charge in [-0.2, -0.15) is 0 Å². The summed E-state index contributed by atoms with van der Waals surface area (Å²) in [6, 6.07) is 0.586. The predicted molar refractivity (Wildman–Crippen MR) is 218 cm³/mol. The number of nitrogens with zero attached hydrogens (tertiary/aromatic N) is 2. The molecule has 1 rings (SSSR count). The van der Waals surface area contributed by atoms with Gasteiger partial charge in [-0.25, -0.2) is 4.98 Å². The molecule has 0 aliphatic rings. The Morgan fingerprint density at radius 1 is 0.396 bits per heavy atom. The fourth-order valence-corrected chi connectivity index (χ4v) is 7.95. The van der Waals surface area contributed by atoms with Crippen molar-refractivity contribution in [3.63, 3.8) is 0 Å². The van der Waals surface area contributed by atoms with Crippen molar-refractivity contribution in [2.75, 3.05) is 0 Å². The van der Waals surface area contributed by atoms with Crippen LogP contribution in [0.4, 0.5) is 0 Å². The second-order valence-electron chi connectivity index (χ2n) is 16.1. The van der Waals surface area contributed by atoms with Gasteiger partial charge in [0.15, 0.2) is 0 Å². The van der Waals surface area contributed by atoms with Crippen LogP contribution in [0.15, 0.2) is 12.4 Å². The molecule has 0 bridgehead atoms. The zero-order chi connectivity index (χ0) is 34.6. The standard InChI is InChI=1S/C46H90N2/c1-5-8-11-14-17-19-21-23-24-25-26-28-31-33-36-39-44(4)48-43-42-47-46(48)45(40-37-34-30-16-13-10-7-3)41-38-35-32-29-27-22-20-18-15-12-9-6-2/h42-45H,5-41H2,1-4H3. The van der Waals surface area contributed by atoms with Crippen LogP contribution >= 0.6 is 0 Å². The molecule has 0 aliphatic carbocycles. The second kappa shape index (κ2) is 36.0. The molecule has 1 aromatic heterocycles. The van der Waals surface area contributed by atoms with Crippen LogP contribution in [0.2, 0.25) is 0 Å². The van der Waals surface area contributed by atoms with E-state index < -0.39 is 0 Å². The molecule has 0 amide bonds. The lowest BCUT2D eigenvalue weighted by Gasteiger charge is -2.22. The third kappa shape index (κ3) is 27.0. The lowest BCUT2D eigenvalue weighted by Crippen LogP contribution is -2.13. The number of hydrogen-bond donors (Lipinski definition) is 0. The van der Waals surface area contributed by atoms with Gasteiger partial charge in [-0.05, 0) is 26.2 Å². The third-order valence-electron chi connectivity index (χ3n) is 11.3. The summed E-state index contributed by atoms with van der Waals surface area (Å²) < 4.78 is 2.59. The summed E-state index contributed by atoms with van der Waals surface area (Å²) in [5.41, 5.74) is 0. The summed E-state index contributed by atoms with van der Waals surface area (Å²) in [6.07, 6.45) is 57.1. The Labute approximate surface area is 304 Å². The van der Waals surface area contributed by atoms with Crippen molar-refractivity contribution < 1.29 is 0 Å². The molecule has 2 nitrogen and oxygen atoms in total. The molecule has 0 radical (unpaired) electrons. The van der Waals surface area contributed by atoms with Crippen molar-refractivity contribution in [2.45, 2.75) is 277 Å². The maximum Gasteiger partial charge on any atom is 0.111 e. The Hall–Kier alpha value is -0.790. The van der Waals surface area contributed by atoms with Gasteiger partial charge in [-0.3, -0.25) is 0 Å². The van der Waals surface area contributed by atoms with Gasteiger partial charge < -0.3 is 4.57 Å². The molecule has 2 atom stereocenters. The highest BCUT2D eigenvalue weighted by Gasteiger charge is 2.19. The highest BCUT2D eigenvalue weighted by atomic mass is 15.1. The fraction of sp³-hybridized carbons (Fsp3) is 0.935. The number of unbranched alkanes of at least 4 members (excludes halogenated alkanes) is 31. The lowest BCUT2D eigenvalue weighted by molar-refractivity contribution is 0.412. The van der Waals surface area contributed by atoms with Crippen molar-refractivity contribution in [2.24, 2.45) is 0 Å². The van der Waals surface area contributed by atoms with Crippen LogP contribution in [-0.2, 0) is 0 Å². The zero-order valence-electron chi connectivity index (χ0n) is 33.9. The minimum Gasteiger partial charge on any atom is -0.332 e. The number of aromatic nitrogens is 2. The molecule has 2 heteroatoms. The first-order valence-electron chi connectivity index (χ1n) is 22.8. The monoisotopic (exact) mass is 671 g/mol. The minimum absolute atomic E-state index is 0.586. The van der Waals surface area contributed by atoms with Crippen LogP contribution in [0.3, 0.4) is 0 Å². The summed E-state index contributed by atoms with van der Waals surface area (Å²) >= 11 is 0. The largest absolute Gasteiger partial charge is 0.332 e. The van der Waals surface area contributed by atoms with Gasteiger partial charge in [-0.15, -0.1) is 0 Å². The second-order valence-corrected chi connectivity index (χ2v) is 16.1. The average Bonchev–Trinajstić information content (AvgIpc) is 3.59. The molecule has 0 fully saturated rings. The number of imidazole rings is 1. The molecular formula is C46H90N2. The van der Waals surface area contributed by atoms with E-state index in [0.717, 1.165) is 0 Å².